The lowest BCUT2D eigenvalue weighted by Crippen LogP contribution is -2.22. The Morgan fingerprint density at radius 3 is 2.60 bits per heavy atom. The van der Waals surface area contributed by atoms with Crippen molar-refractivity contribution in [3.8, 4) is 0 Å². The first-order valence-corrected chi connectivity index (χ1v) is 4.75. The molecule has 1 unspecified atom stereocenters. The molecule has 1 aromatic heterocycles. The minimum Gasteiger partial charge on any atom is -0.481 e. The number of aliphatic hydroxyl groups excluding tert-OH is 1. The molecule has 5 nitrogen and oxygen atoms in total. The van der Waals surface area contributed by atoms with Crippen LogP contribution in [-0.2, 0) is 10.3 Å². The average molecular weight is 212 g/mol. The molecule has 84 valence electrons. The molecule has 0 fully saturated rings. The van der Waals surface area contributed by atoms with Crippen LogP contribution in [0.1, 0.15) is 38.9 Å². The first-order valence-electron chi connectivity index (χ1n) is 4.75. The summed E-state index contributed by atoms with van der Waals surface area (Å²) in [6, 6.07) is 0. The average Bonchev–Trinajstić information content (AvgIpc) is 2.48. The minimum atomic E-state index is -1.02. The zero-order valence-electron chi connectivity index (χ0n) is 9.14. The Balaban J connectivity index is 2.80. The Bertz CT molecular complexity index is 352. The van der Waals surface area contributed by atoms with Crippen LogP contribution >= 0.6 is 0 Å². The summed E-state index contributed by atoms with van der Waals surface area (Å²) in [5.41, 5.74) is 0.369. The van der Waals surface area contributed by atoms with Gasteiger partial charge in [-0.25, -0.2) is 0 Å². The lowest BCUT2D eigenvalue weighted by Gasteiger charge is -2.18. The van der Waals surface area contributed by atoms with Crippen LogP contribution < -0.4 is 0 Å². The predicted molar refractivity (Wildman–Crippen MR) is 54.4 cm³/mol. The first-order chi connectivity index (χ1) is 6.80. The number of aromatic nitrogens is 2. The zero-order valence-corrected chi connectivity index (χ0v) is 9.14. The molecular weight excluding hydrogens is 196 g/mol. The van der Waals surface area contributed by atoms with E-state index >= 15 is 0 Å². The van der Waals surface area contributed by atoms with Crippen LogP contribution in [-0.4, -0.2) is 26.0 Å². The molecule has 0 saturated carbocycles. The summed E-state index contributed by atoms with van der Waals surface area (Å²) in [5.74, 6) is -1.02. The summed E-state index contributed by atoms with van der Waals surface area (Å²) in [5, 5.41) is 22.1. The van der Waals surface area contributed by atoms with E-state index in [0.29, 0.717) is 5.56 Å². The largest absolute Gasteiger partial charge is 0.481 e. The second-order valence-electron chi connectivity index (χ2n) is 4.50. The minimum absolute atomic E-state index is 0.165. The molecule has 0 aliphatic rings. The number of carbonyl (C=O) groups is 1. The predicted octanol–water partition coefficient (Wildman–Crippen LogP) is 1.15. The fraction of sp³-hybridized carbons (Fsp3) is 0.600. The molecular formula is C10H16N2O3. The Kier molecular flexibility index (Phi) is 3.14. The van der Waals surface area contributed by atoms with Crippen LogP contribution in [0, 0.1) is 0 Å². The Labute approximate surface area is 88.3 Å². The SMILES string of the molecule is CC(C)(C)n1cc(C(O)CC(=O)O)cn1. The van der Waals surface area contributed by atoms with Gasteiger partial charge in [0.05, 0.1) is 24.3 Å². The van der Waals surface area contributed by atoms with Gasteiger partial charge in [-0.2, -0.15) is 5.10 Å². The second-order valence-corrected chi connectivity index (χ2v) is 4.50. The van der Waals surface area contributed by atoms with Crippen LogP contribution in [0.4, 0.5) is 0 Å². The molecule has 0 radical (unpaired) electrons. The second kappa shape index (κ2) is 4.02. The van der Waals surface area contributed by atoms with E-state index in [4.69, 9.17) is 5.11 Å². The third-order valence-corrected chi connectivity index (χ3v) is 2.04. The molecule has 2 N–H and O–H groups in total. The maximum absolute atomic E-state index is 10.4. The van der Waals surface area contributed by atoms with Crippen LogP contribution in [0.2, 0.25) is 0 Å². The molecule has 0 aliphatic carbocycles. The van der Waals surface area contributed by atoms with Crippen molar-refractivity contribution < 1.29 is 15.0 Å². The van der Waals surface area contributed by atoms with Crippen molar-refractivity contribution in [1.82, 2.24) is 9.78 Å². The molecule has 1 aromatic rings. The Hall–Kier alpha value is -1.36. The summed E-state index contributed by atoms with van der Waals surface area (Å²) < 4.78 is 1.70. The number of hydrogen-bond donors (Lipinski definition) is 2. The number of aliphatic hydroxyl groups is 1. The third-order valence-electron chi connectivity index (χ3n) is 2.04. The molecule has 0 saturated heterocycles. The maximum Gasteiger partial charge on any atom is 0.306 e. The standard InChI is InChI=1S/C10H16N2O3/c1-10(2,3)12-6-7(5-11-12)8(13)4-9(14)15/h5-6,8,13H,4H2,1-3H3,(H,14,15). The number of carboxylic acid groups (broad SMARTS) is 1. The van der Waals surface area contributed by atoms with Gasteiger partial charge in [0.2, 0.25) is 0 Å². The van der Waals surface area contributed by atoms with Gasteiger partial charge in [-0.05, 0) is 20.8 Å². The summed E-state index contributed by atoms with van der Waals surface area (Å²) in [7, 11) is 0. The number of rotatable bonds is 3. The van der Waals surface area contributed by atoms with Gasteiger partial charge in [-0.15, -0.1) is 0 Å². The van der Waals surface area contributed by atoms with E-state index in [9.17, 15) is 9.90 Å². The van der Waals surface area contributed by atoms with Crippen molar-refractivity contribution in [2.75, 3.05) is 0 Å². The lowest BCUT2D eigenvalue weighted by atomic mass is 10.1. The van der Waals surface area contributed by atoms with Crippen molar-refractivity contribution in [2.45, 2.75) is 38.8 Å². The van der Waals surface area contributed by atoms with E-state index in [2.05, 4.69) is 5.10 Å². The van der Waals surface area contributed by atoms with Gasteiger partial charge in [0, 0.05) is 11.8 Å². The van der Waals surface area contributed by atoms with Gasteiger partial charge in [0.15, 0.2) is 0 Å². The molecule has 1 rings (SSSR count). The quantitative estimate of drug-likeness (QED) is 0.788. The van der Waals surface area contributed by atoms with Crippen molar-refractivity contribution in [2.24, 2.45) is 0 Å². The van der Waals surface area contributed by atoms with Crippen molar-refractivity contribution in [3.05, 3.63) is 18.0 Å². The highest BCUT2D eigenvalue weighted by molar-refractivity contribution is 5.67. The summed E-state index contributed by atoms with van der Waals surface area (Å²) in [6.07, 6.45) is 1.89. The highest BCUT2D eigenvalue weighted by atomic mass is 16.4. The molecule has 0 spiro atoms. The molecule has 0 aliphatic heterocycles. The number of carboxylic acids is 1. The zero-order chi connectivity index (χ0) is 11.6. The van der Waals surface area contributed by atoms with E-state index in [1.54, 1.807) is 10.9 Å². The highest BCUT2D eigenvalue weighted by Crippen LogP contribution is 2.19. The molecule has 1 heterocycles. The number of nitrogens with zero attached hydrogens (tertiary/aromatic N) is 2. The topological polar surface area (TPSA) is 75.4 Å². The molecule has 0 amide bonds. The molecule has 0 bridgehead atoms. The summed E-state index contributed by atoms with van der Waals surface area (Å²) in [6.45, 7) is 5.94. The van der Waals surface area contributed by atoms with Crippen molar-refractivity contribution in [1.29, 1.82) is 0 Å². The Morgan fingerprint density at radius 2 is 2.20 bits per heavy atom. The summed E-state index contributed by atoms with van der Waals surface area (Å²) in [4.78, 5) is 10.4. The summed E-state index contributed by atoms with van der Waals surface area (Å²) >= 11 is 0. The molecule has 1 atom stereocenters. The van der Waals surface area contributed by atoms with Gasteiger partial charge in [0.1, 0.15) is 0 Å². The number of aliphatic carboxylic acids is 1. The van der Waals surface area contributed by atoms with E-state index in [0.717, 1.165) is 0 Å². The van der Waals surface area contributed by atoms with Crippen LogP contribution in [0.25, 0.3) is 0 Å². The third kappa shape index (κ3) is 3.06. The van der Waals surface area contributed by atoms with E-state index in [1.165, 1.54) is 6.20 Å². The van der Waals surface area contributed by atoms with Gasteiger partial charge in [0.25, 0.3) is 0 Å². The molecule has 0 aromatic carbocycles. The van der Waals surface area contributed by atoms with Crippen molar-refractivity contribution >= 4 is 5.97 Å². The van der Waals surface area contributed by atoms with Crippen LogP contribution in [0.15, 0.2) is 12.4 Å². The first kappa shape index (κ1) is 11.7. The van der Waals surface area contributed by atoms with E-state index in [1.807, 2.05) is 20.8 Å². The van der Waals surface area contributed by atoms with Gasteiger partial charge >= 0.3 is 5.97 Å². The monoisotopic (exact) mass is 212 g/mol. The van der Waals surface area contributed by atoms with Gasteiger partial charge < -0.3 is 10.2 Å². The van der Waals surface area contributed by atoms with Crippen LogP contribution in [0.5, 0.6) is 0 Å². The van der Waals surface area contributed by atoms with Crippen molar-refractivity contribution in [3.63, 3.8) is 0 Å². The fourth-order valence-electron chi connectivity index (χ4n) is 1.16. The van der Waals surface area contributed by atoms with E-state index in [-0.39, 0.29) is 12.0 Å². The maximum atomic E-state index is 10.4. The smallest absolute Gasteiger partial charge is 0.306 e. The highest BCUT2D eigenvalue weighted by Gasteiger charge is 2.18. The molecule has 15 heavy (non-hydrogen) atoms. The number of hydrogen-bond acceptors (Lipinski definition) is 3. The Morgan fingerprint density at radius 1 is 1.60 bits per heavy atom. The lowest BCUT2D eigenvalue weighted by molar-refractivity contribution is -0.139. The van der Waals surface area contributed by atoms with E-state index < -0.39 is 12.1 Å². The van der Waals surface area contributed by atoms with Gasteiger partial charge in [-0.3, -0.25) is 9.48 Å². The van der Waals surface area contributed by atoms with Crippen LogP contribution in [0.3, 0.4) is 0 Å². The fourth-order valence-corrected chi connectivity index (χ4v) is 1.16. The molecule has 5 heteroatoms. The normalized spacial score (nSPS) is 13.9. The van der Waals surface area contributed by atoms with Gasteiger partial charge in [-0.1, -0.05) is 0 Å².